The standard InChI is InChI=1S/C16H16Cl2OS2/c1-11-13(5-3-7-15(11)20-17)9-19-10-14-6-4-8-16(21-18)12(14)2/h3-8H,9-10H2,1-2H3. The lowest BCUT2D eigenvalue weighted by Crippen LogP contribution is -1.99. The highest BCUT2D eigenvalue weighted by molar-refractivity contribution is 8.21. The summed E-state index contributed by atoms with van der Waals surface area (Å²) in [5.74, 6) is 0. The summed E-state index contributed by atoms with van der Waals surface area (Å²) < 4.78 is 5.86. The molecule has 21 heavy (non-hydrogen) atoms. The molecule has 0 saturated heterocycles. The minimum Gasteiger partial charge on any atom is -0.372 e. The highest BCUT2D eigenvalue weighted by Gasteiger charge is 2.06. The Morgan fingerprint density at radius 2 is 1.24 bits per heavy atom. The van der Waals surface area contributed by atoms with Gasteiger partial charge in [-0.05, 0) is 91.5 Å². The number of benzene rings is 2. The van der Waals surface area contributed by atoms with Crippen LogP contribution in [0.2, 0.25) is 0 Å². The fourth-order valence-electron chi connectivity index (χ4n) is 2.07. The molecule has 0 atom stereocenters. The Labute approximate surface area is 143 Å². The second kappa shape index (κ2) is 8.35. The highest BCUT2D eigenvalue weighted by Crippen LogP contribution is 2.29. The van der Waals surface area contributed by atoms with Crippen molar-refractivity contribution >= 4 is 43.3 Å². The zero-order chi connectivity index (χ0) is 15.2. The van der Waals surface area contributed by atoms with Gasteiger partial charge in [0.1, 0.15) is 0 Å². The van der Waals surface area contributed by atoms with E-state index in [1.54, 1.807) is 0 Å². The van der Waals surface area contributed by atoms with Crippen LogP contribution in [0.25, 0.3) is 0 Å². The summed E-state index contributed by atoms with van der Waals surface area (Å²) in [5, 5.41) is 0. The largest absolute Gasteiger partial charge is 0.372 e. The molecular weight excluding hydrogens is 343 g/mol. The van der Waals surface area contributed by atoms with Crippen LogP contribution in [0.1, 0.15) is 22.3 Å². The third kappa shape index (κ3) is 4.33. The summed E-state index contributed by atoms with van der Waals surface area (Å²) >= 11 is 0. The minimum absolute atomic E-state index is 0.578. The molecule has 0 aromatic heterocycles. The quantitative estimate of drug-likeness (QED) is 0.582. The van der Waals surface area contributed by atoms with Crippen molar-refractivity contribution in [3.8, 4) is 0 Å². The first-order chi connectivity index (χ1) is 10.2. The maximum Gasteiger partial charge on any atom is 0.0724 e. The number of ether oxygens (including phenoxy) is 1. The lowest BCUT2D eigenvalue weighted by Gasteiger charge is -2.12. The number of hydrogen-bond acceptors (Lipinski definition) is 3. The fourth-order valence-corrected chi connectivity index (χ4v) is 3.83. The maximum absolute atomic E-state index is 5.86. The van der Waals surface area contributed by atoms with Gasteiger partial charge in [0.2, 0.25) is 0 Å². The van der Waals surface area contributed by atoms with E-state index in [1.807, 2.05) is 24.3 Å². The van der Waals surface area contributed by atoms with Crippen molar-refractivity contribution < 1.29 is 4.74 Å². The van der Waals surface area contributed by atoms with Gasteiger partial charge >= 0.3 is 0 Å². The van der Waals surface area contributed by atoms with Gasteiger partial charge in [-0.1, -0.05) is 24.3 Å². The van der Waals surface area contributed by atoms with Crippen LogP contribution < -0.4 is 0 Å². The molecule has 2 rings (SSSR count). The van der Waals surface area contributed by atoms with Crippen molar-refractivity contribution in [3.05, 3.63) is 58.7 Å². The molecular formula is C16H16Cl2OS2. The predicted octanol–water partition coefficient (Wildman–Crippen LogP) is 6.51. The summed E-state index contributed by atoms with van der Waals surface area (Å²) in [4.78, 5) is 2.16. The summed E-state index contributed by atoms with van der Waals surface area (Å²) in [5.41, 5.74) is 4.70. The molecule has 0 amide bonds. The maximum atomic E-state index is 5.86. The molecule has 2 aromatic carbocycles. The Balaban J connectivity index is 2.02. The highest BCUT2D eigenvalue weighted by atomic mass is 35.7. The molecule has 0 bridgehead atoms. The zero-order valence-electron chi connectivity index (χ0n) is 11.9. The van der Waals surface area contributed by atoms with Crippen LogP contribution in [0, 0.1) is 13.8 Å². The second-order valence-electron chi connectivity index (χ2n) is 4.73. The molecule has 0 aliphatic heterocycles. The van der Waals surface area contributed by atoms with Gasteiger partial charge in [0.25, 0.3) is 0 Å². The molecule has 0 aliphatic rings. The summed E-state index contributed by atoms with van der Waals surface area (Å²) in [6.45, 7) is 5.29. The normalized spacial score (nSPS) is 10.9. The minimum atomic E-state index is 0.578. The van der Waals surface area contributed by atoms with Gasteiger partial charge in [0.15, 0.2) is 0 Å². The van der Waals surface area contributed by atoms with E-state index in [0.717, 1.165) is 9.79 Å². The first kappa shape index (κ1) is 17.0. The van der Waals surface area contributed by atoms with Gasteiger partial charge < -0.3 is 4.74 Å². The monoisotopic (exact) mass is 358 g/mol. The molecule has 5 heteroatoms. The summed E-state index contributed by atoms with van der Waals surface area (Å²) in [7, 11) is 14.2. The van der Waals surface area contributed by atoms with Crippen LogP contribution >= 0.6 is 43.3 Å². The Morgan fingerprint density at radius 1 is 0.810 bits per heavy atom. The molecule has 0 spiro atoms. The van der Waals surface area contributed by atoms with E-state index >= 15 is 0 Å². The van der Waals surface area contributed by atoms with Crippen molar-refractivity contribution in [1.82, 2.24) is 0 Å². The van der Waals surface area contributed by atoms with E-state index in [4.69, 9.17) is 26.1 Å². The third-order valence-electron chi connectivity index (χ3n) is 3.47. The van der Waals surface area contributed by atoms with Gasteiger partial charge in [-0.2, -0.15) is 0 Å². The van der Waals surface area contributed by atoms with E-state index in [9.17, 15) is 0 Å². The predicted molar refractivity (Wildman–Crippen MR) is 94.3 cm³/mol. The lowest BCUT2D eigenvalue weighted by atomic mass is 10.1. The Kier molecular flexibility index (Phi) is 6.77. The smallest absolute Gasteiger partial charge is 0.0724 e. The van der Waals surface area contributed by atoms with E-state index in [0.29, 0.717) is 13.2 Å². The summed E-state index contributed by atoms with van der Waals surface area (Å²) in [6, 6.07) is 12.2. The molecule has 0 fully saturated rings. The van der Waals surface area contributed by atoms with Gasteiger partial charge in [0, 0.05) is 9.79 Å². The van der Waals surface area contributed by atoms with Crippen molar-refractivity contribution in [3.63, 3.8) is 0 Å². The van der Waals surface area contributed by atoms with E-state index in [1.165, 1.54) is 44.2 Å². The Hall–Kier alpha value is -0.320. The lowest BCUT2D eigenvalue weighted by molar-refractivity contribution is 0.106. The van der Waals surface area contributed by atoms with Crippen molar-refractivity contribution in [1.29, 1.82) is 0 Å². The van der Waals surface area contributed by atoms with Gasteiger partial charge in [-0.15, -0.1) is 0 Å². The number of hydrogen-bond donors (Lipinski definition) is 0. The number of halogens is 2. The van der Waals surface area contributed by atoms with Gasteiger partial charge in [-0.25, -0.2) is 0 Å². The molecule has 1 nitrogen and oxygen atoms in total. The molecule has 0 unspecified atom stereocenters. The molecule has 0 N–H and O–H groups in total. The van der Waals surface area contributed by atoms with Crippen LogP contribution in [0.3, 0.4) is 0 Å². The van der Waals surface area contributed by atoms with E-state index in [-0.39, 0.29) is 0 Å². The van der Waals surface area contributed by atoms with Crippen molar-refractivity contribution in [2.75, 3.05) is 0 Å². The van der Waals surface area contributed by atoms with Crippen LogP contribution in [-0.2, 0) is 18.0 Å². The average Bonchev–Trinajstić information content (AvgIpc) is 2.50. The van der Waals surface area contributed by atoms with Crippen LogP contribution in [0.4, 0.5) is 0 Å². The molecule has 0 aliphatic carbocycles. The van der Waals surface area contributed by atoms with E-state index < -0.39 is 0 Å². The second-order valence-corrected chi connectivity index (χ2v) is 6.84. The van der Waals surface area contributed by atoms with Gasteiger partial charge in [-0.3, -0.25) is 0 Å². The van der Waals surface area contributed by atoms with Gasteiger partial charge in [0.05, 0.1) is 13.2 Å². The Bertz CT molecular complexity index is 564. The van der Waals surface area contributed by atoms with E-state index in [2.05, 4.69) is 26.0 Å². The van der Waals surface area contributed by atoms with Crippen molar-refractivity contribution in [2.24, 2.45) is 0 Å². The molecule has 2 aromatic rings. The molecule has 0 saturated carbocycles. The summed E-state index contributed by atoms with van der Waals surface area (Å²) in [6.07, 6.45) is 0. The molecule has 112 valence electrons. The fraction of sp³-hybridized carbons (Fsp3) is 0.250. The average molecular weight is 359 g/mol. The SMILES string of the molecule is Cc1c(COCc2cccc(SCl)c2C)cccc1SCl. The van der Waals surface area contributed by atoms with Crippen LogP contribution in [0.5, 0.6) is 0 Å². The van der Waals surface area contributed by atoms with Crippen LogP contribution in [0.15, 0.2) is 46.2 Å². The van der Waals surface area contributed by atoms with Crippen molar-refractivity contribution in [2.45, 2.75) is 36.9 Å². The Morgan fingerprint density at radius 3 is 1.62 bits per heavy atom. The third-order valence-corrected chi connectivity index (χ3v) is 5.69. The molecule has 0 radical (unpaired) electrons. The first-order valence-electron chi connectivity index (χ1n) is 6.49. The topological polar surface area (TPSA) is 9.23 Å². The molecule has 0 heterocycles. The zero-order valence-corrected chi connectivity index (χ0v) is 15.0. The van der Waals surface area contributed by atoms with Crippen LogP contribution in [-0.4, -0.2) is 0 Å². The number of rotatable bonds is 6. The first-order valence-corrected chi connectivity index (χ1v) is 9.77.